The van der Waals surface area contributed by atoms with Gasteiger partial charge in [0.15, 0.2) is 0 Å². The number of alkyl halides is 3. The molecule has 0 bridgehead atoms. The number of benzene rings is 2. The minimum atomic E-state index is -4.72. The van der Waals surface area contributed by atoms with Crippen LogP contribution < -0.4 is 5.73 Å². The van der Waals surface area contributed by atoms with E-state index in [-0.39, 0.29) is 5.56 Å². The SMILES string of the molecule is CC(N)(c1ccc(Br)cc1)c1ccc(C(F)(F)F)c(F)c1. The third-order valence-corrected chi connectivity index (χ3v) is 3.85. The summed E-state index contributed by atoms with van der Waals surface area (Å²) in [5, 5.41) is 0. The van der Waals surface area contributed by atoms with Crippen LogP contribution in [-0.2, 0) is 11.7 Å². The van der Waals surface area contributed by atoms with Gasteiger partial charge in [-0.1, -0.05) is 34.1 Å². The average molecular weight is 362 g/mol. The van der Waals surface area contributed by atoms with Crippen LogP contribution in [0.1, 0.15) is 23.6 Å². The Hall–Kier alpha value is -1.40. The lowest BCUT2D eigenvalue weighted by atomic mass is 9.85. The van der Waals surface area contributed by atoms with Crippen molar-refractivity contribution in [3.05, 3.63) is 69.4 Å². The lowest BCUT2D eigenvalue weighted by molar-refractivity contribution is -0.140. The van der Waals surface area contributed by atoms with Crippen molar-refractivity contribution < 1.29 is 17.6 Å². The molecule has 2 aromatic rings. The quantitative estimate of drug-likeness (QED) is 0.761. The van der Waals surface area contributed by atoms with Gasteiger partial charge in [-0.3, -0.25) is 0 Å². The maximum absolute atomic E-state index is 13.7. The van der Waals surface area contributed by atoms with Gasteiger partial charge in [-0.25, -0.2) is 4.39 Å². The average Bonchev–Trinajstić information content (AvgIpc) is 2.37. The first-order valence-electron chi connectivity index (χ1n) is 6.04. The minimum Gasteiger partial charge on any atom is -0.318 e. The molecule has 0 aliphatic heterocycles. The molecule has 6 heteroatoms. The molecule has 112 valence electrons. The number of rotatable bonds is 2. The van der Waals surface area contributed by atoms with Gasteiger partial charge in [0.05, 0.1) is 11.1 Å². The van der Waals surface area contributed by atoms with Crippen molar-refractivity contribution in [1.29, 1.82) is 0 Å². The summed E-state index contributed by atoms with van der Waals surface area (Å²) in [4.78, 5) is 0. The molecule has 0 spiro atoms. The highest BCUT2D eigenvalue weighted by Gasteiger charge is 2.35. The van der Waals surface area contributed by atoms with Crippen molar-refractivity contribution in [2.45, 2.75) is 18.6 Å². The van der Waals surface area contributed by atoms with E-state index in [1.54, 1.807) is 31.2 Å². The summed E-state index contributed by atoms with van der Waals surface area (Å²) in [5.74, 6) is -1.33. The van der Waals surface area contributed by atoms with Crippen molar-refractivity contribution >= 4 is 15.9 Å². The van der Waals surface area contributed by atoms with Crippen LogP contribution in [0.25, 0.3) is 0 Å². The molecule has 1 atom stereocenters. The standard InChI is InChI=1S/C15H12BrF4N/c1-14(21,9-2-5-11(16)6-3-9)10-4-7-12(13(17)8-10)15(18,19)20/h2-8H,21H2,1H3. The van der Waals surface area contributed by atoms with Crippen molar-refractivity contribution in [2.75, 3.05) is 0 Å². The van der Waals surface area contributed by atoms with Crippen LogP contribution in [0.4, 0.5) is 17.6 Å². The highest BCUT2D eigenvalue weighted by Crippen LogP contribution is 2.34. The smallest absolute Gasteiger partial charge is 0.318 e. The van der Waals surface area contributed by atoms with Gasteiger partial charge in [0.1, 0.15) is 5.82 Å². The van der Waals surface area contributed by atoms with E-state index in [2.05, 4.69) is 15.9 Å². The lowest BCUT2D eigenvalue weighted by Crippen LogP contribution is -2.34. The Morgan fingerprint density at radius 1 is 0.952 bits per heavy atom. The van der Waals surface area contributed by atoms with Crippen LogP contribution in [0.5, 0.6) is 0 Å². The number of hydrogen-bond acceptors (Lipinski definition) is 1. The molecule has 1 nitrogen and oxygen atoms in total. The van der Waals surface area contributed by atoms with Gasteiger partial charge in [-0.05, 0) is 42.3 Å². The Labute approximate surface area is 127 Å². The Balaban J connectivity index is 2.46. The normalized spacial score (nSPS) is 14.8. The first-order chi connectivity index (χ1) is 9.62. The third kappa shape index (κ3) is 3.27. The van der Waals surface area contributed by atoms with Crippen LogP contribution in [0, 0.1) is 5.82 Å². The fourth-order valence-corrected chi connectivity index (χ4v) is 2.30. The molecule has 0 saturated carbocycles. The predicted octanol–water partition coefficient (Wildman–Crippen LogP) is 4.83. The van der Waals surface area contributed by atoms with Crippen molar-refractivity contribution in [1.82, 2.24) is 0 Å². The lowest BCUT2D eigenvalue weighted by Gasteiger charge is -2.26. The Morgan fingerprint density at radius 2 is 1.48 bits per heavy atom. The predicted molar refractivity (Wildman–Crippen MR) is 76.2 cm³/mol. The molecule has 2 N–H and O–H groups in total. The molecular formula is C15H12BrF4N. The molecule has 0 aliphatic rings. The van der Waals surface area contributed by atoms with Gasteiger partial charge in [0.25, 0.3) is 0 Å². The van der Waals surface area contributed by atoms with Crippen LogP contribution in [0.15, 0.2) is 46.9 Å². The zero-order valence-electron chi connectivity index (χ0n) is 11.0. The molecule has 0 aliphatic carbocycles. The molecule has 0 heterocycles. The fourth-order valence-electron chi connectivity index (χ4n) is 2.03. The molecular weight excluding hydrogens is 350 g/mol. The van der Waals surface area contributed by atoms with Crippen molar-refractivity contribution in [2.24, 2.45) is 5.73 Å². The van der Waals surface area contributed by atoms with E-state index >= 15 is 0 Å². The summed E-state index contributed by atoms with van der Waals surface area (Å²) < 4.78 is 52.2. The second-order valence-electron chi connectivity index (χ2n) is 4.90. The Kier molecular flexibility index (Phi) is 4.13. The molecule has 1 unspecified atom stereocenters. The molecule has 0 amide bonds. The molecule has 2 aromatic carbocycles. The summed E-state index contributed by atoms with van der Waals surface area (Å²) in [6.07, 6.45) is -4.72. The van der Waals surface area contributed by atoms with E-state index < -0.39 is 23.1 Å². The van der Waals surface area contributed by atoms with E-state index in [1.165, 1.54) is 6.07 Å². The zero-order valence-corrected chi connectivity index (χ0v) is 12.6. The Morgan fingerprint density at radius 3 is 1.95 bits per heavy atom. The van der Waals surface area contributed by atoms with E-state index in [4.69, 9.17) is 5.73 Å². The molecule has 0 saturated heterocycles. The number of hydrogen-bond donors (Lipinski definition) is 1. The van der Waals surface area contributed by atoms with Gasteiger partial charge in [0, 0.05) is 4.47 Å². The van der Waals surface area contributed by atoms with E-state index in [1.807, 2.05) is 0 Å². The monoisotopic (exact) mass is 361 g/mol. The first-order valence-corrected chi connectivity index (χ1v) is 6.84. The van der Waals surface area contributed by atoms with Crippen LogP contribution in [0.2, 0.25) is 0 Å². The van der Waals surface area contributed by atoms with Crippen molar-refractivity contribution in [3.63, 3.8) is 0 Å². The molecule has 2 rings (SSSR count). The van der Waals surface area contributed by atoms with E-state index in [0.29, 0.717) is 11.6 Å². The van der Waals surface area contributed by atoms with Crippen LogP contribution in [0.3, 0.4) is 0 Å². The molecule has 0 radical (unpaired) electrons. The van der Waals surface area contributed by atoms with Gasteiger partial charge in [-0.15, -0.1) is 0 Å². The topological polar surface area (TPSA) is 26.0 Å². The first kappa shape index (κ1) is 16.0. The van der Waals surface area contributed by atoms with E-state index in [9.17, 15) is 17.6 Å². The fraction of sp³-hybridized carbons (Fsp3) is 0.200. The van der Waals surface area contributed by atoms with Crippen LogP contribution >= 0.6 is 15.9 Å². The number of nitrogens with two attached hydrogens (primary N) is 1. The maximum atomic E-state index is 13.7. The zero-order chi connectivity index (χ0) is 15.8. The number of halogens is 5. The maximum Gasteiger partial charge on any atom is 0.419 e. The second-order valence-corrected chi connectivity index (χ2v) is 5.82. The third-order valence-electron chi connectivity index (χ3n) is 3.32. The summed E-state index contributed by atoms with van der Waals surface area (Å²) >= 11 is 3.29. The van der Waals surface area contributed by atoms with E-state index in [0.717, 1.165) is 10.5 Å². The summed E-state index contributed by atoms with van der Waals surface area (Å²) in [5.41, 5.74) is 4.73. The second kappa shape index (κ2) is 5.42. The van der Waals surface area contributed by atoms with Gasteiger partial charge < -0.3 is 5.73 Å². The minimum absolute atomic E-state index is 0.273. The highest BCUT2D eigenvalue weighted by atomic mass is 79.9. The highest BCUT2D eigenvalue weighted by molar-refractivity contribution is 9.10. The summed E-state index contributed by atoms with van der Waals surface area (Å²) in [7, 11) is 0. The van der Waals surface area contributed by atoms with Crippen LogP contribution in [-0.4, -0.2) is 0 Å². The summed E-state index contributed by atoms with van der Waals surface area (Å²) in [6, 6.07) is 9.76. The van der Waals surface area contributed by atoms with Gasteiger partial charge in [0.2, 0.25) is 0 Å². The molecule has 0 aromatic heterocycles. The largest absolute Gasteiger partial charge is 0.419 e. The van der Waals surface area contributed by atoms with Gasteiger partial charge >= 0.3 is 6.18 Å². The van der Waals surface area contributed by atoms with Crippen molar-refractivity contribution in [3.8, 4) is 0 Å². The summed E-state index contributed by atoms with van der Waals surface area (Å²) in [6.45, 7) is 1.62. The molecule has 0 fully saturated rings. The molecule has 21 heavy (non-hydrogen) atoms. The Bertz CT molecular complexity index is 648. The van der Waals surface area contributed by atoms with Gasteiger partial charge in [-0.2, -0.15) is 13.2 Å².